The Morgan fingerprint density at radius 2 is 1.74 bits per heavy atom. The largest absolute Gasteiger partial charge is 0.493 e. The van der Waals surface area contributed by atoms with Crippen molar-refractivity contribution in [3.8, 4) is 23.3 Å². The van der Waals surface area contributed by atoms with Gasteiger partial charge < -0.3 is 18.9 Å². The highest BCUT2D eigenvalue weighted by molar-refractivity contribution is 14.1. The Balaban J connectivity index is 1.58. The Bertz CT molecular complexity index is 2360. The lowest BCUT2D eigenvalue weighted by Gasteiger charge is -2.26. The average molecular weight is 910 g/mol. The normalized spacial score (nSPS) is 14.0. The molecule has 9 nitrogen and oxygen atoms in total. The van der Waals surface area contributed by atoms with Gasteiger partial charge in [0.25, 0.3) is 5.56 Å². The third-order valence-electron chi connectivity index (χ3n) is 7.93. The number of carbonyl (C=O) groups excluding carboxylic acids is 1. The van der Waals surface area contributed by atoms with E-state index in [1.54, 1.807) is 42.9 Å². The maximum Gasteiger partial charge on any atom is 0.338 e. The first-order valence-corrected chi connectivity index (χ1v) is 18.4. The second-order valence-electron chi connectivity index (χ2n) is 10.9. The lowest BCUT2D eigenvalue weighted by atomic mass is 9.93. The van der Waals surface area contributed by atoms with Crippen molar-refractivity contribution in [2.75, 3.05) is 20.8 Å². The maximum atomic E-state index is 14.6. The highest BCUT2D eigenvalue weighted by Gasteiger charge is 2.35. The van der Waals surface area contributed by atoms with Gasteiger partial charge in [-0.25, -0.2) is 9.79 Å². The number of methoxy groups -OCH3 is 2. The zero-order valence-corrected chi connectivity index (χ0v) is 32.2. The number of hydrogen-bond donors (Lipinski definition) is 0. The zero-order valence-electron chi connectivity index (χ0n) is 27.1. The quantitative estimate of drug-likeness (QED) is 0.115. The van der Waals surface area contributed by atoms with E-state index in [1.807, 2.05) is 66.7 Å². The average Bonchev–Trinajstić information content (AvgIpc) is 3.44. The molecule has 0 aliphatic carbocycles. The summed E-state index contributed by atoms with van der Waals surface area (Å²) in [6, 6.07) is 27.2. The van der Waals surface area contributed by atoms with E-state index in [0.29, 0.717) is 54.5 Å². The Kier molecular flexibility index (Phi) is 11.0. The first-order valence-electron chi connectivity index (χ1n) is 15.4. The van der Waals surface area contributed by atoms with Crippen LogP contribution in [0.15, 0.2) is 100 Å². The van der Waals surface area contributed by atoms with E-state index < -0.39 is 12.0 Å². The van der Waals surface area contributed by atoms with Gasteiger partial charge in [-0.3, -0.25) is 9.36 Å². The minimum atomic E-state index is -0.892. The van der Waals surface area contributed by atoms with Gasteiger partial charge in [-0.15, -0.1) is 0 Å². The number of nitrogens with zero attached hydrogens (tertiary/aromatic N) is 3. The fourth-order valence-electron chi connectivity index (χ4n) is 5.66. The summed E-state index contributed by atoms with van der Waals surface area (Å²) in [5, 5.41) is 9.60. The number of ether oxygens (including phenoxy) is 4. The zero-order chi connectivity index (χ0) is 35.4. The Labute approximate surface area is 319 Å². The molecule has 0 amide bonds. The van der Waals surface area contributed by atoms with Crippen LogP contribution in [0, 0.1) is 18.5 Å². The molecule has 0 unspecified atom stereocenters. The third kappa shape index (κ3) is 7.07. The predicted molar refractivity (Wildman–Crippen MR) is 208 cm³/mol. The first-order chi connectivity index (χ1) is 24.3. The van der Waals surface area contributed by atoms with E-state index in [-0.39, 0.29) is 24.3 Å². The molecule has 5 aromatic rings. The second kappa shape index (κ2) is 15.6. The summed E-state index contributed by atoms with van der Waals surface area (Å²) in [5.74, 6) is 0.955. The number of fused-ring (bicyclic) bond motifs is 1. The molecule has 2 heterocycles. The minimum Gasteiger partial charge on any atom is -0.493 e. The third-order valence-corrected chi connectivity index (χ3v) is 10.3. The molecule has 0 radical (unpaired) electrons. The van der Waals surface area contributed by atoms with Crippen molar-refractivity contribution in [2.45, 2.75) is 19.6 Å². The summed E-state index contributed by atoms with van der Waals surface area (Å²) in [4.78, 5) is 33.8. The van der Waals surface area contributed by atoms with Gasteiger partial charge in [0.05, 0.1) is 57.9 Å². The van der Waals surface area contributed by atoms with Crippen molar-refractivity contribution >= 4 is 74.3 Å². The molecule has 0 spiro atoms. The number of aromatic nitrogens is 1. The highest BCUT2D eigenvalue weighted by Crippen LogP contribution is 2.38. The standard InChI is InChI=1S/C38H29I2N3O6S/c1-4-48-37(45)32-33(22-10-6-5-7-11-22)42-38-43(34(32)23-14-15-29(46-2)30(17-23)47-3)36(44)31(50-38)18-26-16-27(39)19-28(40)35(26)49-21-25-13-9-8-12-24(25)20-41/h5-19,34H,4,21H2,1-3H3/b31-18-/t34-/m1/s1. The molecule has 12 heteroatoms. The summed E-state index contributed by atoms with van der Waals surface area (Å²) in [5.41, 5.74) is 3.61. The first kappa shape index (κ1) is 35.4. The molecule has 0 N–H and O–H groups in total. The van der Waals surface area contributed by atoms with Gasteiger partial charge in [-0.2, -0.15) is 5.26 Å². The van der Waals surface area contributed by atoms with Crippen LogP contribution in [0.4, 0.5) is 0 Å². The van der Waals surface area contributed by atoms with Crippen LogP contribution in [0.5, 0.6) is 17.2 Å². The van der Waals surface area contributed by atoms with Gasteiger partial charge in [0.15, 0.2) is 16.3 Å². The summed E-state index contributed by atoms with van der Waals surface area (Å²) in [7, 11) is 3.08. The van der Waals surface area contributed by atoms with E-state index in [9.17, 15) is 14.9 Å². The second-order valence-corrected chi connectivity index (χ2v) is 14.3. The fraction of sp³-hybridized carbons (Fsp3) is 0.158. The molecule has 252 valence electrons. The maximum absolute atomic E-state index is 14.6. The van der Waals surface area contributed by atoms with Gasteiger partial charge in [0.1, 0.15) is 12.4 Å². The molecule has 1 aliphatic rings. The van der Waals surface area contributed by atoms with E-state index in [0.717, 1.165) is 12.7 Å². The fourth-order valence-corrected chi connectivity index (χ4v) is 8.70. The predicted octanol–water partition coefficient (Wildman–Crippen LogP) is 6.61. The van der Waals surface area contributed by atoms with E-state index in [4.69, 9.17) is 23.9 Å². The Morgan fingerprint density at radius 1 is 1.00 bits per heavy atom. The van der Waals surface area contributed by atoms with Crippen LogP contribution in [0.1, 0.15) is 40.8 Å². The molecule has 4 aromatic carbocycles. The van der Waals surface area contributed by atoms with Crippen molar-refractivity contribution in [1.82, 2.24) is 4.57 Å². The van der Waals surface area contributed by atoms with Crippen molar-refractivity contribution in [2.24, 2.45) is 4.99 Å². The van der Waals surface area contributed by atoms with E-state index >= 15 is 0 Å². The molecule has 0 saturated carbocycles. The molecule has 0 saturated heterocycles. The minimum absolute atomic E-state index is 0.139. The number of thiazole rings is 1. The van der Waals surface area contributed by atoms with Crippen LogP contribution in [-0.4, -0.2) is 31.4 Å². The van der Waals surface area contributed by atoms with Crippen molar-refractivity contribution < 1.29 is 23.7 Å². The van der Waals surface area contributed by atoms with Gasteiger partial charge in [-0.05, 0) is 94.1 Å². The van der Waals surface area contributed by atoms with Crippen LogP contribution in [0.25, 0.3) is 11.8 Å². The highest BCUT2D eigenvalue weighted by atomic mass is 127. The van der Waals surface area contributed by atoms with Gasteiger partial charge >= 0.3 is 5.97 Å². The van der Waals surface area contributed by atoms with Crippen molar-refractivity contribution in [3.63, 3.8) is 0 Å². The summed E-state index contributed by atoms with van der Waals surface area (Å²) in [6.07, 6.45) is 1.79. The smallest absolute Gasteiger partial charge is 0.338 e. The van der Waals surface area contributed by atoms with Crippen LogP contribution in [0.2, 0.25) is 0 Å². The molecule has 0 bridgehead atoms. The summed E-state index contributed by atoms with van der Waals surface area (Å²) >= 11 is 5.67. The number of esters is 1. The summed E-state index contributed by atoms with van der Waals surface area (Å²) in [6.45, 7) is 2.05. The van der Waals surface area contributed by atoms with Gasteiger partial charge in [0, 0.05) is 20.3 Å². The molecule has 50 heavy (non-hydrogen) atoms. The lowest BCUT2D eigenvalue weighted by Crippen LogP contribution is -2.40. The number of benzene rings is 4. The Hall–Kier alpha value is -4.46. The number of hydrogen-bond acceptors (Lipinski definition) is 9. The van der Waals surface area contributed by atoms with E-state index in [2.05, 4.69) is 51.3 Å². The van der Waals surface area contributed by atoms with Crippen LogP contribution in [0.3, 0.4) is 0 Å². The molecular weight excluding hydrogens is 880 g/mol. The van der Waals surface area contributed by atoms with Crippen molar-refractivity contribution in [3.05, 3.63) is 145 Å². The molecule has 6 rings (SSSR count). The monoisotopic (exact) mass is 909 g/mol. The van der Waals surface area contributed by atoms with Gasteiger partial charge in [0.2, 0.25) is 0 Å². The Morgan fingerprint density at radius 3 is 2.46 bits per heavy atom. The molecular formula is C38H29I2N3O6S. The molecule has 1 aliphatic heterocycles. The SMILES string of the molecule is CCOC(=O)C1=C(c2ccccc2)N=c2s/c(=C\c3cc(I)cc(I)c3OCc3ccccc3C#N)c(=O)n2[C@@H]1c1ccc(OC)c(OC)c1. The topological polar surface area (TPSA) is 112 Å². The number of carbonyl (C=O) groups is 1. The van der Waals surface area contributed by atoms with Crippen LogP contribution >= 0.6 is 56.5 Å². The number of nitriles is 1. The number of halogens is 2. The lowest BCUT2D eigenvalue weighted by molar-refractivity contribution is -0.138. The molecule has 1 atom stereocenters. The molecule has 0 fully saturated rings. The van der Waals surface area contributed by atoms with Crippen LogP contribution < -0.4 is 29.1 Å². The van der Waals surface area contributed by atoms with Crippen molar-refractivity contribution in [1.29, 1.82) is 5.26 Å². The molecule has 1 aromatic heterocycles. The summed E-state index contributed by atoms with van der Waals surface area (Å²) < 4.78 is 26.8. The van der Waals surface area contributed by atoms with Gasteiger partial charge in [-0.1, -0.05) is 65.9 Å². The number of rotatable bonds is 10. The van der Waals surface area contributed by atoms with E-state index in [1.165, 1.54) is 18.4 Å². The van der Waals surface area contributed by atoms with Crippen LogP contribution in [-0.2, 0) is 16.1 Å².